The van der Waals surface area contributed by atoms with E-state index in [0.717, 1.165) is 0 Å². The van der Waals surface area contributed by atoms with Crippen molar-refractivity contribution in [1.82, 2.24) is 9.66 Å². The maximum atomic E-state index is 12.9. The summed E-state index contributed by atoms with van der Waals surface area (Å²) in [6.45, 7) is 0. The van der Waals surface area contributed by atoms with E-state index in [1.54, 1.807) is 51.0 Å². The molecule has 136 valence electrons. The Morgan fingerprint density at radius 3 is 2.89 bits per heavy atom. The van der Waals surface area contributed by atoms with Crippen LogP contribution in [0.25, 0.3) is 21.5 Å². The van der Waals surface area contributed by atoms with Crippen LogP contribution in [0.3, 0.4) is 0 Å². The molecule has 0 spiro atoms. The summed E-state index contributed by atoms with van der Waals surface area (Å²) in [6, 6.07) is 8.93. The van der Waals surface area contributed by atoms with Crippen LogP contribution < -0.4 is 15.0 Å². The lowest BCUT2D eigenvalue weighted by Gasteiger charge is -2.07. The highest BCUT2D eigenvalue weighted by Gasteiger charge is 2.14. The molecular formula is C19H15N3O4S. The number of nitrogens with zero attached hydrogens (tertiary/aromatic N) is 3. The summed E-state index contributed by atoms with van der Waals surface area (Å²) in [4.78, 5) is 17.9. The van der Waals surface area contributed by atoms with E-state index in [1.165, 1.54) is 22.3 Å². The van der Waals surface area contributed by atoms with Gasteiger partial charge < -0.3 is 13.9 Å². The normalized spacial score (nSPS) is 11.3. The summed E-state index contributed by atoms with van der Waals surface area (Å²) in [7, 11) is 3.15. The topological polar surface area (TPSA) is 78.9 Å². The molecule has 0 unspecified atom stereocenters. The van der Waals surface area contributed by atoms with Crippen molar-refractivity contribution >= 4 is 27.8 Å². The van der Waals surface area contributed by atoms with Crippen molar-refractivity contribution in [2.24, 2.45) is 5.10 Å². The van der Waals surface area contributed by atoms with Crippen LogP contribution in [0.5, 0.6) is 11.5 Å². The van der Waals surface area contributed by atoms with Gasteiger partial charge in [-0.25, -0.2) is 4.98 Å². The van der Waals surface area contributed by atoms with Crippen molar-refractivity contribution in [2.45, 2.75) is 0 Å². The molecule has 0 fully saturated rings. The first-order valence-electron chi connectivity index (χ1n) is 8.00. The molecule has 0 N–H and O–H groups in total. The fourth-order valence-electron chi connectivity index (χ4n) is 2.67. The fourth-order valence-corrected chi connectivity index (χ4v) is 3.56. The molecule has 0 aliphatic rings. The van der Waals surface area contributed by atoms with Crippen LogP contribution in [-0.2, 0) is 0 Å². The monoisotopic (exact) mass is 381 g/mol. The number of fused-ring (bicyclic) bond motifs is 1. The summed E-state index contributed by atoms with van der Waals surface area (Å²) in [6.07, 6.45) is 4.52. The van der Waals surface area contributed by atoms with Gasteiger partial charge in [-0.1, -0.05) is 0 Å². The van der Waals surface area contributed by atoms with E-state index < -0.39 is 0 Å². The van der Waals surface area contributed by atoms with Gasteiger partial charge in [0.25, 0.3) is 5.56 Å². The minimum atomic E-state index is -0.267. The van der Waals surface area contributed by atoms with Crippen molar-refractivity contribution in [2.75, 3.05) is 14.2 Å². The number of aromatic nitrogens is 2. The van der Waals surface area contributed by atoms with Gasteiger partial charge in [0, 0.05) is 22.6 Å². The summed E-state index contributed by atoms with van der Waals surface area (Å²) < 4.78 is 17.2. The Balaban J connectivity index is 1.77. The van der Waals surface area contributed by atoms with Crippen molar-refractivity contribution < 1.29 is 13.9 Å². The van der Waals surface area contributed by atoms with E-state index in [4.69, 9.17) is 13.9 Å². The maximum absolute atomic E-state index is 12.9. The van der Waals surface area contributed by atoms with Gasteiger partial charge in [-0.15, -0.1) is 11.3 Å². The summed E-state index contributed by atoms with van der Waals surface area (Å²) in [5.41, 5.74) is 1.15. The average molecular weight is 381 g/mol. The van der Waals surface area contributed by atoms with Gasteiger partial charge in [0.05, 0.1) is 32.1 Å². The number of methoxy groups -OCH3 is 2. The molecular weight excluding hydrogens is 366 g/mol. The minimum Gasteiger partial charge on any atom is -0.497 e. The molecule has 0 aliphatic carbocycles. The lowest BCUT2D eigenvalue weighted by atomic mass is 10.2. The second kappa shape index (κ2) is 7.08. The predicted molar refractivity (Wildman–Crippen MR) is 104 cm³/mol. The number of hydrogen-bond donors (Lipinski definition) is 0. The smallest absolute Gasteiger partial charge is 0.283 e. The van der Waals surface area contributed by atoms with E-state index in [-0.39, 0.29) is 5.56 Å². The lowest BCUT2D eigenvalue weighted by molar-refractivity contribution is 0.394. The molecule has 0 atom stereocenters. The van der Waals surface area contributed by atoms with Gasteiger partial charge in [-0.05, 0) is 24.3 Å². The SMILES string of the molecule is COc1ccc(/C=N\n2cnc3scc(-c4ccco4)c3c2=O)c(OC)c1. The van der Waals surface area contributed by atoms with E-state index in [2.05, 4.69) is 10.1 Å². The van der Waals surface area contributed by atoms with Crippen LogP contribution in [0.1, 0.15) is 5.56 Å². The largest absolute Gasteiger partial charge is 0.497 e. The van der Waals surface area contributed by atoms with Crippen LogP contribution in [0.4, 0.5) is 0 Å². The predicted octanol–water partition coefficient (Wildman–Crippen LogP) is 3.62. The molecule has 0 aliphatic heterocycles. The first kappa shape index (κ1) is 17.0. The molecule has 0 amide bonds. The number of ether oxygens (including phenoxy) is 2. The van der Waals surface area contributed by atoms with E-state index in [1.807, 2.05) is 11.4 Å². The van der Waals surface area contributed by atoms with Gasteiger partial charge in [0.15, 0.2) is 0 Å². The standard InChI is InChI=1S/C19H15N3O4S/c1-24-13-6-5-12(16(8-13)25-2)9-21-22-11-20-18-17(19(22)23)14(10-27-18)15-4-3-7-26-15/h3-11H,1-2H3/b21-9-. The molecule has 0 saturated heterocycles. The molecule has 0 saturated carbocycles. The van der Waals surface area contributed by atoms with Gasteiger partial charge in [0.2, 0.25) is 0 Å². The molecule has 4 aromatic rings. The zero-order chi connectivity index (χ0) is 18.8. The van der Waals surface area contributed by atoms with Crippen LogP contribution in [0.2, 0.25) is 0 Å². The molecule has 7 nitrogen and oxygen atoms in total. The third-order valence-electron chi connectivity index (χ3n) is 4.03. The highest BCUT2D eigenvalue weighted by molar-refractivity contribution is 7.17. The van der Waals surface area contributed by atoms with E-state index >= 15 is 0 Å². The first-order valence-corrected chi connectivity index (χ1v) is 8.88. The second-order valence-electron chi connectivity index (χ2n) is 5.55. The Labute approximate surface area is 158 Å². The van der Waals surface area contributed by atoms with Gasteiger partial charge >= 0.3 is 0 Å². The molecule has 1 aromatic carbocycles. The molecule has 27 heavy (non-hydrogen) atoms. The Hall–Kier alpha value is -3.39. The van der Waals surface area contributed by atoms with E-state index in [9.17, 15) is 4.79 Å². The second-order valence-corrected chi connectivity index (χ2v) is 6.41. The van der Waals surface area contributed by atoms with Crippen molar-refractivity contribution in [1.29, 1.82) is 0 Å². The van der Waals surface area contributed by atoms with Gasteiger partial charge in [-0.3, -0.25) is 4.79 Å². The van der Waals surface area contributed by atoms with E-state index in [0.29, 0.717) is 38.6 Å². The summed E-state index contributed by atoms with van der Waals surface area (Å²) in [5, 5.41) is 6.60. The molecule has 0 radical (unpaired) electrons. The summed E-state index contributed by atoms with van der Waals surface area (Å²) >= 11 is 1.39. The number of benzene rings is 1. The highest BCUT2D eigenvalue weighted by atomic mass is 32.1. The third kappa shape index (κ3) is 3.11. The molecule has 4 rings (SSSR count). The van der Waals surface area contributed by atoms with Crippen molar-refractivity contribution in [3.8, 4) is 22.8 Å². The Kier molecular flexibility index (Phi) is 4.47. The van der Waals surface area contributed by atoms with Crippen molar-refractivity contribution in [3.63, 3.8) is 0 Å². The van der Waals surface area contributed by atoms with Crippen LogP contribution in [-0.4, -0.2) is 30.1 Å². The Morgan fingerprint density at radius 1 is 1.26 bits per heavy atom. The third-order valence-corrected chi connectivity index (χ3v) is 4.91. The van der Waals surface area contributed by atoms with Gasteiger partial charge in [-0.2, -0.15) is 9.78 Å². The molecule has 3 heterocycles. The summed E-state index contributed by atoms with van der Waals surface area (Å²) in [5.74, 6) is 1.89. The number of furan rings is 1. The number of rotatable bonds is 5. The molecule has 3 aromatic heterocycles. The molecule has 8 heteroatoms. The van der Waals surface area contributed by atoms with Crippen molar-refractivity contribution in [3.05, 3.63) is 64.2 Å². The Bertz CT molecular complexity index is 1180. The van der Waals surface area contributed by atoms with Gasteiger partial charge in [0.1, 0.15) is 28.4 Å². The Morgan fingerprint density at radius 2 is 2.15 bits per heavy atom. The zero-order valence-corrected chi connectivity index (χ0v) is 15.4. The minimum absolute atomic E-state index is 0.267. The number of hydrogen-bond acceptors (Lipinski definition) is 7. The fraction of sp³-hybridized carbons (Fsp3) is 0.105. The van der Waals surface area contributed by atoms with Crippen LogP contribution in [0, 0.1) is 0 Å². The van der Waals surface area contributed by atoms with Crippen LogP contribution >= 0.6 is 11.3 Å². The quantitative estimate of drug-likeness (QED) is 0.494. The average Bonchev–Trinajstić information content (AvgIpc) is 3.37. The number of thiophene rings is 1. The zero-order valence-electron chi connectivity index (χ0n) is 14.6. The first-order chi connectivity index (χ1) is 13.2. The molecule has 0 bridgehead atoms. The van der Waals surface area contributed by atoms with Crippen LogP contribution in [0.15, 0.2) is 62.6 Å². The maximum Gasteiger partial charge on any atom is 0.283 e. The highest BCUT2D eigenvalue weighted by Crippen LogP contribution is 2.30. The lowest BCUT2D eigenvalue weighted by Crippen LogP contribution is -2.16.